The number of aryl methyl sites for hydroxylation is 1. The van der Waals surface area contributed by atoms with Crippen LogP contribution in [0.25, 0.3) is 0 Å². The highest BCUT2D eigenvalue weighted by atomic mass is 32.2. The van der Waals surface area contributed by atoms with Crippen LogP contribution in [0.5, 0.6) is 0 Å². The van der Waals surface area contributed by atoms with Gasteiger partial charge in [-0.1, -0.05) is 24.3 Å². The largest absolute Gasteiger partial charge is 0.326 e. The lowest BCUT2D eigenvalue weighted by atomic mass is 9.90. The van der Waals surface area contributed by atoms with Crippen molar-refractivity contribution < 1.29 is 18.0 Å². The van der Waals surface area contributed by atoms with Gasteiger partial charge in [-0.3, -0.25) is 9.59 Å². The van der Waals surface area contributed by atoms with Crippen molar-refractivity contribution >= 4 is 27.4 Å². The monoisotopic (exact) mass is 440 g/mol. The first-order valence-corrected chi connectivity index (χ1v) is 12.3. The fourth-order valence-electron chi connectivity index (χ4n) is 4.50. The second kappa shape index (κ2) is 8.93. The highest BCUT2D eigenvalue weighted by Gasteiger charge is 2.32. The zero-order valence-electron chi connectivity index (χ0n) is 17.8. The van der Waals surface area contributed by atoms with E-state index in [0.29, 0.717) is 31.5 Å². The van der Waals surface area contributed by atoms with E-state index in [9.17, 15) is 18.0 Å². The molecule has 31 heavy (non-hydrogen) atoms. The molecule has 2 aromatic rings. The molecule has 0 aromatic heterocycles. The Morgan fingerprint density at radius 3 is 2.32 bits per heavy atom. The summed E-state index contributed by atoms with van der Waals surface area (Å²) in [4.78, 5) is 24.5. The first-order valence-electron chi connectivity index (χ1n) is 10.9. The molecule has 6 nitrogen and oxygen atoms in total. The van der Waals surface area contributed by atoms with E-state index in [1.807, 2.05) is 12.1 Å². The molecule has 0 bridgehead atoms. The predicted octanol–water partition coefficient (Wildman–Crippen LogP) is 3.81. The number of sulfonamides is 1. The van der Waals surface area contributed by atoms with Gasteiger partial charge >= 0.3 is 0 Å². The summed E-state index contributed by atoms with van der Waals surface area (Å²) in [5.74, 6) is -0.330. The minimum Gasteiger partial charge on any atom is -0.326 e. The molecule has 1 aliphatic carbocycles. The van der Waals surface area contributed by atoms with Crippen LogP contribution in [0.2, 0.25) is 0 Å². The predicted molar refractivity (Wildman–Crippen MR) is 120 cm³/mol. The van der Waals surface area contributed by atoms with Gasteiger partial charge in [-0.05, 0) is 74.8 Å². The lowest BCUT2D eigenvalue weighted by Crippen LogP contribution is -2.41. The second-order valence-electron chi connectivity index (χ2n) is 8.40. The second-order valence-corrected chi connectivity index (χ2v) is 10.3. The van der Waals surface area contributed by atoms with Crippen LogP contribution >= 0.6 is 0 Å². The number of fused-ring (bicyclic) bond motifs is 1. The number of carbonyl (C=O) groups excluding carboxylic acids is 2. The number of nitrogens with zero attached hydrogens (tertiary/aromatic N) is 1. The molecule has 1 amide bonds. The summed E-state index contributed by atoms with van der Waals surface area (Å²) in [6.45, 7) is 2.06. The van der Waals surface area contributed by atoms with Crippen LogP contribution in [-0.4, -0.2) is 37.5 Å². The first-order chi connectivity index (χ1) is 14.9. The number of carbonyl (C=O) groups is 2. The summed E-state index contributed by atoms with van der Waals surface area (Å²) < 4.78 is 27.3. The molecule has 1 fully saturated rings. The molecule has 4 rings (SSSR count). The highest BCUT2D eigenvalue weighted by molar-refractivity contribution is 7.89. The normalized spacial score (nSPS) is 17.7. The van der Waals surface area contributed by atoms with Gasteiger partial charge in [0.15, 0.2) is 5.78 Å². The number of benzene rings is 2. The van der Waals surface area contributed by atoms with Crippen molar-refractivity contribution in [2.24, 2.45) is 5.92 Å². The third-order valence-electron chi connectivity index (χ3n) is 6.38. The van der Waals surface area contributed by atoms with Crippen LogP contribution in [0, 0.1) is 5.92 Å². The van der Waals surface area contributed by atoms with Crippen molar-refractivity contribution in [2.45, 2.75) is 50.3 Å². The summed E-state index contributed by atoms with van der Waals surface area (Å²) in [6, 6.07) is 12.1. The number of ketones is 1. The maximum Gasteiger partial charge on any atom is 0.243 e. The van der Waals surface area contributed by atoms with Crippen LogP contribution in [0.3, 0.4) is 0 Å². The molecule has 0 saturated carbocycles. The van der Waals surface area contributed by atoms with E-state index in [2.05, 4.69) is 11.4 Å². The minimum atomic E-state index is -3.63. The van der Waals surface area contributed by atoms with E-state index in [1.54, 1.807) is 0 Å². The number of nitrogens with one attached hydrogen (secondary N) is 1. The quantitative estimate of drug-likeness (QED) is 0.717. The van der Waals surface area contributed by atoms with E-state index in [0.717, 1.165) is 24.9 Å². The molecule has 1 saturated heterocycles. The van der Waals surface area contributed by atoms with Crippen molar-refractivity contribution in [2.75, 3.05) is 18.4 Å². The Kier molecular flexibility index (Phi) is 6.25. The fraction of sp³-hybridized carbons (Fsp3) is 0.417. The molecule has 0 radical (unpaired) electrons. The summed E-state index contributed by atoms with van der Waals surface area (Å²) in [5.41, 5.74) is 3.96. The zero-order valence-corrected chi connectivity index (χ0v) is 18.6. The Balaban J connectivity index is 1.39. The van der Waals surface area contributed by atoms with Crippen LogP contribution in [0.1, 0.15) is 54.1 Å². The van der Waals surface area contributed by atoms with Crippen LogP contribution < -0.4 is 5.32 Å². The minimum absolute atomic E-state index is 0.0261. The molecule has 1 N–H and O–H groups in total. The first kappa shape index (κ1) is 21.7. The van der Waals surface area contributed by atoms with E-state index in [4.69, 9.17) is 0 Å². The Bertz CT molecular complexity index is 1090. The van der Waals surface area contributed by atoms with Gasteiger partial charge in [-0.2, -0.15) is 4.31 Å². The Labute approximate surface area is 183 Å². The number of piperidine rings is 1. The van der Waals surface area contributed by atoms with E-state index < -0.39 is 10.0 Å². The van der Waals surface area contributed by atoms with Gasteiger partial charge in [0, 0.05) is 30.3 Å². The van der Waals surface area contributed by atoms with Crippen LogP contribution in [-0.2, 0) is 27.7 Å². The topological polar surface area (TPSA) is 83.6 Å². The van der Waals surface area contributed by atoms with E-state index in [1.165, 1.54) is 53.0 Å². The summed E-state index contributed by atoms with van der Waals surface area (Å²) in [7, 11) is -3.63. The summed E-state index contributed by atoms with van der Waals surface area (Å²) >= 11 is 0. The Hall–Kier alpha value is -2.51. The van der Waals surface area contributed by atoms with Gasteiger partial charge < -0.3 is 5.32 Å². The van der Waals surface area contributed by atoms with Crippen LogP contribution in [0.15, 0.2) is 47.4 Å². The molecule has 0 atom stereocenters. The van der Waals surface area contributed by atoms with Crippen molar-refractivity contribution in [1.29, 1.82) is 0 Å². The number of hydrogen-bond acceptors (Lipinski definition) is 4. The van der Waals surface area contributed by atoms with E-state index in [-0.39, 0.29) is 22.5 Å². The maximum atomic E-state index is 12.9. The van der Waals surface area contributed by atoms with Crippen LogP contribution in [0.4, 0.5) is 5.69 Å². The molecule has 0 unspecified atom stereocenters. The fourth-order valence-corrected chi connectivity index (χ4v) is 5.97. The maximum absolute atomic E-state index is 12.9. The smallest absolute Gasteiger partial charge is 0.243 e. The number of Topliss-reactive ketones (excluding diaryl/α,β-unsaturated/α-hetero) is 1. The Morgan fingerprint density at radius 1 is 0.968 bits per heavy atom. The summed E-state index contributed by atoms with van der Waals surface area (Å²) in [6.07, 6.45) is 5.36. The van der Waals surface area contributed by atoms with E-state index >= 15 is 0 Å². The average molecular weight is 441 g/mol. The number of rotatable bonds is 5. The molecular weight excluding hydrogens is 412 g/mol. The van der Waals surface area contributed by atoms with Crippen molar-refractivity contribution in [3.05, 3.63) is 59.2 Å². The van der Waals surface area contributed by atoms with Crippen molar-refractivity contribution in [3.8, 4) is 0 Å². The molecule has 2 aromatic carbocycles. The number of hydrogen-bond donors (Lipinski definition) is 1. The molecule has 7 heteroatoms. The summed E-state index contributed by atoms with van der Waals surface area (Å²) in [5, 5.41) is 3.10. The van der Waals surface area contributed by atoms with Crippen molar-refractivity contribution in [1.82, 2.24) is 4.31 Å². The Morgan fingerprint density at radius 2 is 1.65 bits per heavy atom. The molecule has 1 aliphatic heterocycles. The molecule has 1 heterocycles. The molecule has 2 aliphatic rings. The number of amides is 1. The van der Waals surface area contributed by atoms with Gasteiger partial charge in [0.1, 0.15) is 0 Å². The van der Waals surface area contributed by atoms with Gasteiger partial charge in [0.25, 0.3) is 0 Å². The molecular formula is C24H28N2O4S. The number of anilines is 1. The molecule has 164 valence electrons. The van der Waals surface area contributed by atoms with Crippen molar-refractivity contribution in [3.63, 3.8) is 0 Å². The van der Waals surface area contributed by atoms with Gasteiger partial charge in [0.2, 0.25) is 15.9 Å². The average Bonchev–Trinajstić information content (AvgIpc) is 2.79. The van der Waals surface area contributed by atoms with Gasteiger partial charge in [-0.25, -0.2) is 8.42 Å². The zero-order chi connectivity index (χ0) is 22.0. The van der Waals surface area contributed by atoms with Gasteiger partial charge in [0.05, 0.1) is 4.90 Å². The molecule has 0 spiro atoms. The SMILES string of the molecule is CC(=O)c1ccc(S(=O)(=O)N2CCC(C(=O)Nc3cccc4c3CCCC4)CC2)cc1. The third kappa shape index (κ3) is 4.57. The lowest BCUT2D eigenvalue weighted by Gasteiger charge is -2.31. The third-order valence-corrected chi connectivity index (χ3v) is 8.29. The lowest BCUT2D eigenvalue weighted by molar-refractivity contribution is -0.120. The highest BCUT2D eigenvalue weighted by Crippen LogP contribution is 2.30. The standard InChI is InChI=1S/C24H28N2O4S/c1-17(27)18-9-11-21(12-10-18)31(29,30)26-15-13-20(14-16-26)24(28)25-23-8-4-6-19-5-2-3-7-22(19)23/h4,6,8-12,20H,2-3,5,7,13-16H2,1H3,(H,25,28). The van der Waals surface area contributed by atoms with Gasteiger partial charge in [-0.15, -0.1) is 0 Å².